The molecule has 0 saturated carbocycles. The second-order valence-corrected chi connectivity index (χ2v) is 10.0. The SMILES string of the molecule is COc1cc(C2c3c(c4ccccc4oc3=O)Oc3ncn4nc(-c5ccncc5)nc4c32)cc(Br)c1OC(C)=O. The van der Waals surface area contributed by atoms with Gasteiger partial charge < -0.3 is 18.6 Å². The van der Waals surface area contributed by atoms with Gasteiger partial charge in [-0.2, -0.15) is 0 Å². The van der Waals surface area contributed by atoms with E-state index in [1.807, 2.05) is 12.1 Å². The molecule has 0 bridgehead atoms. The minimum Gasteiger partial charge on any atom is -0.493 e. The van der Waals surface area contributed by atoms with Crippen molar-refractivity contribution in [2.45, 2.75) is 12.8 Å². The van der Waals surface area contributed by atoms with Gasteiger partial charge in [-0.25, -0.2) is 19.3 Å². The smallest absolute Gasteiger partial charge is 0.344 e. The molecule has 5 heterocycles. The number of para-hydroxylation sites is 1. The summed E-state index contributed by atoms with van der Waals surface area (Å²) >= 11 is 3.51. The molecule has 12 heteroatoms. The molecule has 1 unspecified atom stereocenters. The molecule has 6 aromatic rings. The molecule has 7 rings (SSSR count). The van der Waals surface area contributed by atoms with Crippen LogP contribution >= 0.6 is 15.9 Å². The van der Waals surface area contributed by atoms with Gasteiger partial charge in [0, 0.05) is 24.9 Å². The van der Waals surface area contributed by atoms with E-state index in [1.165, 1.54) is 24.9 Å². The van der Waals surface area contributed by atoms with Gasteiger partial charge in [0.25, 0.3) is 0 Å². The standard InChI is InChI=1S/C29H18BrN5O6/c1-14(36)39-25-18(30)11-16(12-20(25)38-2)21-22-24(17-5-3-4-6-19(17)40-29(22)37)41-28-23(21)27-33-26(34-35(27)13-32-28)15-7-9-31-10-8-15/h3-13,21H,1-2H3. The van der Waals surface area contributed by atoms with E-state index in [4.69, 9.17) is 23.6 Å². The molecule has 41 heavy (non-hydrogen) atoms. The zero-order chi connectivity index (χ0) is 28.2. The predicted molar refractivity (Wildman–Crippen MR) is 150 cm³/mol. The number of esters is 1. The maximum atomic E-state index is 13.7. The Morgan fingerprint density at radius 3 is 2.68 bits per heavy atom. The number of fused-ring (bicyclic) bond motifs is 6. The Hall–Kier alpha value is -5.10. The summed E-state index contributed by atoms with van der Waals surface area (Å²) in [4.78, 5) is 38.9. The van der Waals surface area contributed by atoms with Gasteiger partial charge in [0.15, 0.2) is 28.7 Å². The largest absolute Gasteiger partial charge is 0.493 e. The number of pyridine rings is 1. The Bertz CT molecular complexity index is 2070. The molecule has 0 radical (unpaired) electrons. The van der Waals surface area contributed by atoms with Crippen molar-refractivity contribution >= 4 is 38.5 Å². The molecule has 0 spiro atoms. The third-order valence-electron chi connectivity index (χ3n) is 6.73. The van der Waals surface area contributed by atoms with Crippen LogP contribution in [-0.2, 0) is 4.79 Å². The predicted octanol–water partition coefficient (Wildman–Crippen LogP) is 5.28. The average Bonchev–Trinajstić information content (AvgIpc) is 3.42. The fraction of sp³-hybridized carbons (Fsp3) is 0.103. The van der Waals surface area contributed by atoms with E-state index in [9.17, 15) is 9.59 Å². The number of rotatable bonds is 4. The maximum absolute atomic E-state index is 13.7. The summed E-state index contributed by atoms with van der Waals surface area (Å²) in [6, 6.07) is 14.2. The van der Waals surface area contributed by atoms with Gasteiger partial charge >= 0.3 is 11.6 Å². The summed E-state index contributed by atoms with van der Waals surface area (Å²) in [5.74, 6) is 0.253. The van der Waals surface area contributed by atoms with Crippen molar-refractivity contribution in [1.29, 1.82) is 0 Å². The molecule has 0 N–H and O–H groups in total. The van der Waals surface area contributed by atoms with Crippen LogP contribution in [0.25, 0.3) is 28.0 Å². The topological polar surface area (TPSA) is 131 Å². The number of nitrogens with zero attached hydrogens (tertiary/aromatic N) is 5. The van der Waals surface area contributed by atoms with Crippen LogP contribution in [0.4, 0.5) is 0 Å². The molecule has 4 aromatic heterocycles. The lowest BCUT2D eigenvalue weighted by Gasteiger charge is -2.28. The molecule has 0 fully saturated rings. The molecule has 202 valence electrons. The van der Waals surface area contributed by atoms with E-state index in [0.717, 1.165) is 5.56 Å². The van der Waals surface area contributed by atoms with E-state index in [-0.39, 0.29) is 22.9 Å². The monoisotopic (exact) mass is 611 g/mol. The van der Waals surface area contributed by atoms with E-state index in [0.29, 0.717) is 43.8 Å². The number of carbonyl (C=O) groups is 1. The Kier molecular flexibility index (Phi) is 5.78. The van der Waals surface area contributed by atoms with E-state index < -0.39 is 17.5 Å². The zero-order valence-electron chi connectivity index (χ0n) is 21.5. The summed E-state index contributed by atoms with van der Waals surface area (Å²) in [5, 5.41) is 5.22. The van der Waals surface area contributed by atoms with Crippen LogP contribution in [0.3, 0.4) is 0 Å². The van der Waals surface area contributed by atoms with Gasteiger partial charge in [0.1, 0.15) is 11.9 Å². The fourth-order valence-electron chi connectivity index (χ4n) is 5.04. The number of benzene rings is 2. The van der Waals surface area contributed by atoms with E-state index in [2.05, 4.69) is 31.0 Å². The van der Waals surface area contributed by atoms with Crippen molar-refractivity contribution in [1.82, 2.24) is 24.6 Å². The van der Waals surface area contributed by atoms with Gasteiger partial charge in [-0.1, -0.05) is 12.1 Å². The van der Waals surface area contributed by atoms with Crippen LogP contribution in [0.1, 0.15) is 29.5 Å². The second-order valence-electron chi connectivity index (χ2n) is 9.19. The Balaban J connectivity index is 1.55. The molecule has 1 aliphatic heterocycles. The van der Waals surface area contributed by atoms with Gasteiger partial charge in [-0.05, 0) is 57.9 Å². The van der Waals surface area contributed by atoms with Crippen molar-refractivity contribution in [2.75, 3.05) is 7.11 Å². The Morgan fingerprint density at radius 1 is 1.10 bits per heavy atom. The molecular formula is C29H18BrN5O6. The lowest BCUT2D eigenvalue weighted by molar-refractivity contribution is -0.132. The third-order valence-corrected chi connectivity index (χ3v) is 7.32. The number of methoxy groups -OCH3 is 1. The lowest BCUT2D eigenvalue weighted by atomic mass is 9.84. The molecular weight excluding hydrogens is 594 g/mol. The van der Waals surface area contributed by atoms with Crippen LogP contribution in [0.5, 0.6) is 23.1 Å². The first-order valence-corrected chi connectivity index (χ1v) is 13.2. The number of ether oxygens (including phenoxy) is 3. The zero-order valence-corrected chi connectivity index (χ0v) is 23.1. The second kappa shape index (κ2) is 9.52. The van der Waals surface area contributed by atoms with Crippen LogP contribution in [-0.4, -0.2) is 37.6 Å². The molecule has 0 amide bonds. The highest BCUT2D eigenvalue weighted by Crippen LogP contribution is 2.51. The number of halogens is 1. The van der Waals surface area contributed by atoms with Crippen LogP contribution < -0.4 is 19.8 Å². The van der Waals surface area contributed by atoms with E-state index >= 15 is 0 Å². The van der Waals surface area contributed by atoms with Crippen molar-refractivity contribution < 1.29 is 23.4 Å². The highest BCUT2D eigenvalue weighted by molar-refractivity contribution is 9.10. The summed E-state index contributed by atoms with van der Waals surface area (Å²) in [7, 11) is 1.46. The van der Waals surface area contributed by atoms with Crippen molar-refractivity contribution in [3.05, 3.63) is 98.8 Å². The Labute approximate surface area is 239 Å². The minimum absolute atomic E-state index is 0.209. The Morgan fingerprint density at radius 2 is 1.90 bits per heavy atom. The average molecular weight is 612 g/mol. The van der Waals surface area contributed by atoms with Gasteiger partial charge in [-0.15, -0.1) is 5.10 Å². The van der Waals surface area contributed by atoms with Crippen LogP contribution in [0.15, 0.2) is 80.9 Å². The lowest BCUT2D eigenvalue weighted by Crippen LogP contribution is -2.22. The molecule has 2 aromatic carbocycles. The highest BCUT2D eigenvalue weighted by atomic mass is 79.9. The summed E-state index contributed by atoms with van der Waals surface area (Å²) < 4.78 is 25.1. The fourth-order valence-corrected chi connectivity index (χ4v) is 5.58. The number of hydrogen-bond donors (Lipinski definition) is 0. The molecule has 0 saturated heterocycles. The van der Waals surface area contributed by atoms with Crippen molar-refractivity contribution in [3.63, 3.8) is 0 Å². The van der Waals surface area contributed by atoms with Crippen LogP contribution in [0, 0.1) is 0 Å². The van der Waals surface area contributed by atoms with Crippen LogP contribution in [0.2, 0.25) is 0 Å². The first kappa shape index (κ1) is 24.9. The van der Waals surface area contributed by atoms with Gasteiger partial charge in [0.2, 0.25) is 5.88 Å². The van der Waals surface area contributed by atoms with Crippen molar-refractivity contribution in [3.8, 4) is 34.5 Å². The first-order valence-electron chi connectivity index (χ1n) is 12.4. The number of hydrogen-bond acceptors (Lipinski definition) is 10. The van der Waals surface area contributed by atoms with E-state index in [1.54, 1.807) is 48.8 Å². The van der Waals surface area contributed by atoms with Crippen molar-refractivity contribution in [2.24, 2.45) is 0 Å². The number of carbonyl (C=O) groups excluding carboxylic acids is 1. The first-order chi connectivity index (χ1) is 19.9. The molecule has 1 atom stereocenters. The molecule has 1 aliphatic rings. The summed E-state index contributed by atoms with van der Waals surface area (Å²) in [5.41, 5.74) is 2.37. The van der Waals surface area contributed by atoms with Gasteiger partial charge in [-0.3, -0.25) is 9.78 Å². The number of aromatic nitrogens is 5. The maximum Gasteiger partial charge on any atom is 0.344 e. The summed E-state index contributed by atoms with van der Waals surface area (Å²) in [6.45, 7) is 1.30. The normalized spacial score (nSPS) is 13.9. The minimum atomic E-state index is -0.767. The quantitative estimate of drug-likeness (QED) is 0.147. The highest BCUT2D eigenvalue weighted by Gasteiger charge is 2.38. The molecule has 0 aliphatic carbocycles. The third kappa shape index (κ3) is 4.02. The summed E-state index contributed by atoms with van der Waals surface area (Å²) in [6.07, 6.45) is 4.82. The van der Waals surface area contributed by atoms with Gasteiger partial charge in [0.05, 0.1) is 34.0 Å². The molecule has 11 nitrogen and oxygen atoms in total.